The Morgan fingerprint density at radius 3 is 2.81 bits per heavy atom. The number of fused-ring (bicyclic) bond motifs is 2. The van der Waals surface area contributed by atoms with Crippen molar-refractivity contribution in [3.63, 3.8) is 0 Å². The van der Waals surface area contributed by atoms with Crippen LogP contribution in [0.2, 0.25) is 0 Å². The quantitative estimate of drug-likeness (QED) is 0.519. The Kier molecular flexibility index (Phi) is 4.95. The van der Waals surface area contributed by atoms with E-state index in [1.54, 1.807) is 23.0 Å². The Balaban J connectivity index is 1.59. The normalized spacial score (nSPS) is 13.3. The number of anilines is 1. The van der Waals surface area contributed by atoms with Crippen molar-refractivity contribution in [2.75, 3.05) is 11.9 Å². The van der Waals surface area contributed by atoms with E-state index in [-0.39, 0.29) is 0 Å². The van der Waals surface area contributed by atoms with Crippen LogP contribution in [0.4, 0.5) is 5.82 Å². The van der Waals surface area contributed by atoms with Crippen LogP contribution in [0.15, 0.2) is 54.7 Å². The maximum Gasteiger partial charge on any atom is 0.256 e. The number of ether oxygens (including phenoxy) is 1. The van der Waals surface area contributed by atoms with Crippen molar-refractivity contribution in [3.8, 4) is 11.8 Å². The zero-order chi connectivity index (χ0) is 21.2. The summed E-state index contributed by atoms with van der Waals surface area (Å²) >= 11 is 0. The fourth-order valence-electron chi connectivity index (χ4n) is 3.82. The number of carbonyl (C=O) groups excluding carboxylic acids is 1. The predicted molar refractivity (Wildman–Crippen MR) is 117 cm³/mol. The summed E-state index contributed by atoms with van der Waals surface area (Å²) in [6.07, 6.45) is 4.44. The number of nitrogens with zero attached hydrogens (tertiary/aromatic N) is 4. The molecule has 156 valence electrons. The number of rotatable bonds is 5. The summed E-state index contributed by atoms with van der Waals surface area (Å²) in [6.45, 7) is 1.25. The zero-order valence-electron chi connectivity index (χ0n) is 16.9. The predicted octanol–water partition coefficient (Wildman–Crippen LogP) is 3.24. The molecule has 1 aliphatic rings. The van der Waals surface area contributed by atoms with E-state index >= 15 is 0 Å². The molecular weight excluding hydrogens is 392 g/mol. The minimum Gasteiger partial charge on any atom is -0.477 e. The van der Waals surface area contributed by atoms with Crippen LogP contribution in [-0.2, 0) is 13.0 Å². The molecule has 1 aliphatic heterocycles. The summed E-state index contributed by atoms with van der Waals surface area (Å²) < 4.78 is 7.56. The van der Waals surface area contributed by atoms with Gasteiger partial charge in [0.1, 0.15) is 5.82 Å². The minimum atomic E-state index is -0.499. The highest BCUT2D eigenvalue weighted by molar-refractivity contribution is 6.05. The van der Waals surface area contributed by atoms with Gasteiger partial charge >= 0.3 is 0 Å². The van der Waals surface area contributed by atoms with Crippen molar-refractivity contribution >= 4 is 22.6 Å². The largest absolute Gasteiger partial charge is 0.477 e. The third-order valence-electron chi connectivity index (χ3n) is 5.39. The van der Waals surface area contributed by atoms with Gasteiger partial charge in [-0.2, -0.15) is 19.7 Å². The van der Waals surface area contributed by atoms with Gasteiger partial charge in [-0.25, -0.2) is 0 Å². The van der Waals surface area contributed by atoms with Crippen LogP contribution in [0.25, 0.3) is 16.9 Å². The summed E-state index contributed by atoms with van der Waals surface area (Å²) in [5.41, 5.74) is 8.77. The number of benzene rings is 2. The lowest BCUT2D eigenvalue weighted by Crippen LogP contribution is -2.12. The molecule has 0 bridgehead atoms. The van der Waals surface area contributed by atoms with E-state index < -0.39 is 5.91 Å². The molecule has 0 atom stereocenters. The van der Waals surface area contributed by atoms with Crippen LogP contribution < -0.4 is 15.8 Å². The molecule has 3 heterocycles. The van der Waals surface area contributed by atoms with Crippen molar-refractivity contribution in [2.45, 2.75) is 25.8 Å². The lowest BCUT2D eigenvalue weighted by atomic mass is 10.1. The number of nitrogens with one attached hydrogen (secondary N) is 1. The molecule has 0 saturated heterocycles. The molecular formula is C23H22N6O2. The summed E-state index contributed by atoms with van der Waals surface area (Å²) in [6, 6.07) is 15.5. The number of aromatic nitrogens is 4. The maximum atomic E-state index is 11.8. The molecule has 31 heavy (non-hydrogen) atoms. The number of amides is 1. The van der Waals surface area contributed by atoms with Crippen molar-refractivity contribution in [3.05, 3.63) is 71.4 Å². The van der Waals surface area contributed by atoms with Crippen LogP contribution in [0, 0.1) is 0 Å². The van der Waals surface area contributed by atoms with Crippen molar-refractivity contribution in [1.29, 1.82) is 0 Å². The van der Waals surface area contributed by atoms with Gasteiger partial charge in [0.15, 0.2) is 0 Å². The first-order chi connectivity index (χ1) is 15.2. The molecule has 0 aliphatic carbocycles. The van der Waals surface area contributed by atoms with Gasteiger partial charge in [0.25, 0.3) is 5.95 Å². The fourth-order valence-corrected chi connectivity index (χ4v) is 3.82. The molecule has 8 nitrogen and oxygen atoms in total. The zero-order valence-corrected chi connectivity index (χ0v) is 16.9. The van der Waals surface area contributed by atoms with Gasteiger partial charge in [0, 0.05) is 11.9 Å². The fraction of sp³-hybridized carbons (Fsp3) is 0.217. The molecule has 3 N–H and O–H groups in total. The summed E-state index contributed by atoms with van der Waals surface area (Å²) in [4.78, 5) is 21.2. The molecule has 0 spiro atoms. The topological polar surface area (TPSA) is 108 Å². The molecule has 1 amide bonds. The average molecular weight is 414 g/mol. The van der Waals surface area contributed by atoms with Gasteiger partial charge < -0.3 is 15.8 Å². The number of hydrogen-bond donors (Lipinski definition) is 2. The first kappa shape index (κ1) is 19.0. The number of carbonyl (C=O) groups is 1. The molecule has 2 aromatic heterocycles. The molecule has 0 fully saturated rings. The van der Waals surface area contributed by atoms with Crippen molar-refractivity contribution in [1.82, 2.24) is 19.7 Å². The highest BCUT2D eigenvalue weighted by atomic mass is 16.5. The van der Waals surface area contributed by atoms with Crippen LogP contribution in [0.5, 0.6) is 5.88 Å². The monoisotopic (exact) mass is 414 g/mol. The van der Waals surface area contributed by atoms with Gasteiger partial charge in [-0.3, -0.25) is 4.79 Å². The Morgan fingerprint density at radius 1 is 1.10 bits per heavy atom. The maximum absolute atomic E-state index is 11.8. The molecule has 5 rings (SSSR count). The van der Waals surface area contributed by atoms with Crippen molar-refractivity contribution < 1.29 is 9.53 Å². The third-order valence-corrected chi connectivity index (χ3v) is 5.39. The smallest absolute Gasteiger partial charge is 0.256 e. The number of hydrogen-bond acceptors (Lipinski definition) is 6. The molecule has 0 radical (unpaired) electrons. The lowest BCUT2D eigenvalue weighted by molar-refractivity contribution is 0.100. The summed E-state index contributed by atoms with van der Waals surface area (Å²) in [5.74, 6) is 1.20. The van der Waals surface area contributed by atoms with Crippen LogP contribution in [0.3, 0.4) is 0 Å². The highest BCUT2D eigenvalue weighted by Crippen LogP contribution is 2.30. The van der Waals surface area contributed by atoms with Gasteiger partial charge in [-0.05, 0) is 37.0 Å². The van der Waals surface area contributed by atoms with E-state index in [9.17, 15) is 4.79 Å². The van der Waals surface area contributed by atoms with Crippen LogP contribution in [-0.4, -0.2) is 32.3 Å². The molecule has 0 unspecified atom stereocenters. The first-order valence-electron chi connectivity index (χ1n) is 10.3. The first-order valence-corrected chi connectivity index (χ1v) is 10.3. The Morgan fingerprint density at radius 2 is 1.97 bits per heavy atom. The lowest BCUT2D eigenvalue weighted by Gasteiger charge is -2.15. The van der Waals surface area contributed by atoms with Crippen molar-refractivity contribution in [2.24, 2.45) is 5.73 Å². The Hall–Kier alpha value is -3.94. The van der Waals surface area contributed by atoms with Gasteiger partial charge in [0.05, 0.1) is 29.4 Å². The second-order valence-corrected chi connectivity index (χ2v) is 7.46. The summed E-state index contributed by atoms with van der Waals surface area (Å²) in [5, 5.41) is 8.55. The van der Waals surface area contributed by atoms with E-state index in [0.29, 0.717) is 41.4 Å². The SMILES string of the molecule is NC(=O)c1cccc2c1cnn2-c1nc(NCc2ccccc2)c2c(n1)OCCCC2. The van der Waals surface area contributed by atoms with Crippen LogP contribution >= 0.6 is 0 Å². The summed E-state index contributed by atoms with van der Waals surface area (Å²) in [7, 11) is 0. The van der Waals surface area contributed by atoms with E-state index in [4.69, 9.17) is 15.5 Å². The minimum absolute atomic E-state index is 0.382. The van der Waals surface area contributed by atoms with E-state index in [1.165, 1.54) is 0 Å². The number of primary amides is 1. The third kappa shape index (κ3) is 3.68. The van der Waals surface area contributed by atoms with E-state index in [2.05, 4.69) is 27.5 Å². The van der Waals surface area contributed by atoms with Gasteiger partial charge in [0.2, 0.25) is 11.8 Å². The Labute approximate surface area is 179 Å². The van der Waals surface area contributed by atoms with Gasteiger partial charge in [-0.15, -0.1) is 0 Å². The van der Waals surface area contributed by atoms with Crippen LogP contribution in [0.1, 0.15) is 34.3 Å². The van der Waals surface area contributed by atoms with E-state index in [0.717, 1.165) is 36.2 Å². The highest BCUT2D eigenvalue weighted by Gasteiger charge is 2.21. The van der Waals surface area contributed by atoms with E-state index in [1.807, 2.05) is 24.3 Å². The second-order valence-electron chi connectivity index (χ2n) is 7.46. The average Bonchev–Trinajstić information content (AvgIpc) is 3.08. The molecule has 2 aromatic carbocycles. The second kappa shape index (κ2) is 8.06. The van der Waals surface area contributed by atoms with Gasteiger partial charge in [-0.1, -0.05) is 36.4 Å². The number of nitrogens with two attached hydrogens (primary N) is 1. The molecule has 0 saturated carbocycles. The standard InChI is InChI=1S/C23H22N6O2/c24-20(30)16-10-6-11-19-18(16)14-26-29(19)23-27-21(25-13-15-7-2-1-3-8-15)17-9-4-5-12-31-22(17)28-23/h1-3,6-8,10-11,14H,4-5,9,12-13H2,(H2,24,30)(H,25,27,28). The molecule has 8 heteroatoms. The Bertz CT molecular complexity index is 1250. The molecule has 4 aromatic rings.